The smallest absolute Gasteiger partial charge is 0.160 e. The van der Waals surface area contributed by atoms with Gasteiger partial charge in [-0.1, -0.05) is 146 Å². The lowest BCUT2D eigenvalue weighted by molar-refractivity contribution is 1.18. The molecule has 0 amide bonds. The standard InChI is InChI=1S/C52H32N2S2/c1-3-12-35(13-4-1)46-32-47(54-52(53-46)36-14-5-2-6-15-36)40-29-38(28-39(30-40)37-26-27-50-45(31-37)43-17-8-9-20-48(43)55-50)33-22-24-34(25-23-33)41-18-11-19-44-42-16-7-10-21-49(42)56-51(41)44/h1-32H. The first-order valence-corrected chi connectivity index (χ1v) is 20.4. The molecule has 8 aromatic carbocycles. The van der Waals surface area contributed by atoms with Crippen LogP contribution in [0.3, 0.4) is 0 Å². The van der Waals surface area contributed by atoms with Gasteiger partial charge in [0.1, 0.15) is 0 Å². The van der Waals surface area contributed by atoms with Crippen molar-refractivity contribution in [3.05, 3.63) is 194 Å². The lowest BCUT2D eigenvalue weighted by Crippen LogP contribution is -1.96. The highest BCUT2D eigenvalue weighted by Crippen LogP contribution is 2.42. The lowest BCUT2D eigenvalue weighted by atomic mass is 9.93. The number of aromatic nitrogens is 2. The van der Waals surface area contributed by atoms with Crippen LogP contribution in [0.5, 0.6) is 0 Å². The van der Waals surface area contributed by atoms with Crippen LogP contribution in [0, 0.1) is 0 Å². The first kappa shape index (κ1) is 32.7. The second kappa shape index (κ2) is 13.5. The van der Waals surface area contributed by atoms with E-state index < -0.39 is 0 Å². The molecule has 0 radical (unpaired) electrons. The Kier molecular flexibility index (Phi) is 7.90. The maximum absolute atomic E-state index is 5.24. The molecule has 262 valence electrons. The van der Waals surface area contributed by atoms with Gasteiger partial charge in [0.25, 0.3) is 0 Å². The van der Waals surface area contributed by atoms with Crippen LogP contribution < -0.4 is 0 Å². The van der Waals surface area contributed by atoms with Crippen LogP contribution in [-0.2, 0) is 0 Å². The van der Waals surface area contributed by atoms with Gasteiger partial charge in [-0.15, -0.1) is 22.7 Å². The van der Waals surface area contributed by atoms with E-state index in [9.17, 15) is 0 Å². The molecular weight excluding hydrogens is 717 g/mol. The molecule has 0 saturated carbocycles. The van der Waals surface area contributed by atoms with Gasteiger partial charge < -0.3 is 0 Å². The number of nitrogens with zero attached hydrogens (tertiary/aromatic N) is 2. The SMILES string of the molecule is c1ccc(-c2cc(-c3cc(-c4ccc(-c5cccc6c5sc5ccccc56)cc4)cc(-c4ccc5sc6ccccc6c5c4)c3)nc(-c3ccccc3)n2)cc1. The molecular formula is C52H32N2S2. The van der Waals surface area contributed by atoms with E-state index in [4.69, 9.17) is 9.97 Å². The molecule has 11 aromatic rings. The van der Waals surface area contributed by atoms with Crippen LogP contribution in [0.25, 0.3) is 108 Å². The predicted molar refractivity (Wildman–Crippen MR) is 240 cm³/mol. The molecule has 0 aliphatic heterocycles. The zero-order valence-corrected chi connectivity index (χ0v) is 31.8. The van der Waals surface area contributed by atoms with Gasteiger partial charge in [0, 0.05) is 57.0 Å². The summed E-state index contributed by atoms with van der Waals surface area (Å²) in [6.45, 7) is 0. The van der Waals surface area contributed by atoms with Crippen molar-refractivity contribution in [2.24, 2.45) is 0 Å². The van der Waals surface area contributed by atoms with Gasteiger partial charge in [0.2, 0.25) is 0 Å². The summed E-state index contributed by atoms with van der Waals surface area (Å²) in [5.41, 5.74) is 12.0. The molecule has 0 unspecified atom stereocenters. The molecule has 0 spiro atoms. The summed E-state index contributed by atoms with van der Waals surface area (Å²) in [6.07, 6.45) is 0. The van der Waals surface area contributed by atoms with Crippen molar-refractivity contribution < 1.29 is 0 Å². The van der Waals surface area contributed by atoms with Gasteiger partial charge in [0.05, 0.1) is 11.4 Å². The molecule has 4 heteroatoms. The zero-order chi connectivity index (χ0) is 37.0. The normalized spacial score (nSPS) is 11.6. The number of hydrogen-bond donors (Lipinski definition) is 0. The van der Waals surface area contributed by atoms with Gasteiger partial charge in [-0.2, -0.15) is 0 Å². The van der Waals surface area contributed by atoms with Gasteiger partial charge in [-0.25, -0.2) is 9.97 Å². The zero-order valence-electron chi connectivity index (χ0n) is 30.2. The van der Waals surface area contributed by atoms with Gasteiger partial charge in [-0.3, -0.25) is 0 Å². The predicted octanol–water partition coefficient (Wildman–Crippen LogP) is 15.2. The number of thiophene rings is 2. The highest BCUT2D eigenvalue weighted by molar-refractivity contribution is 7.26. The van der Waals surface area contributed by atoms with Gasteiger partial charge in [0.15, 0.2) is 5.82 Å². The van der Waals surface area contributed by atoms with Crippen molar-refractivity contribution >= 4 is 63.0 Å². The van der Waals surface area contributed by atoms with Crippen molar-refractivity contribution in [3.63, 3.8) is 0 Å². The van der Waals surface area contributed by atoms with E-state index in [1.54, 1.807) is 0 Å². The molecule has 0 atom stereocenters. The second-order valence-corrected chi connectivity index (χ2v) is 16.3. The minimum atomic E-state index is 0.708. The van der Waals surface area contributed by atoms with Gasteiger partial charge in [-0.05, 0) is 81.9 Å². The van der Waals surface area contributed by atoms with E-state index in [-0.39, 0.29) is 0 Å². The van der Waals surface area contributed by atoms with Crippen LogP contribution in [0.1, 0.15) is 0 Å². The van der Waals surface area contributed by atoms with E-state index >= 15 is 0 Å². The van der Waals surface area contributed by atoms with E-state index in [1.165, 1.54) is 57.0 Å². The summed E-state index contributed by atoms with van der Waals surface area (Å²) in [5.74, 6) is 0.708. The Hall–Kier alpha value is -6.72. The summed E-state index contributed by atoms with van der Waals surface area (Å²) >= 11 is 3.72. The van der Waals surface area contributed by atoms with Crippen LogP contribution in [0.4, 0.5) is 0 Å². The Bertz CT molecular complexity index is 3180. The van der Waals surface area contributed by atoms with Crippen molar-refractivity contribution in [2.45, 2.75) is 0 Å². The first-order chi connectivity index (χ1) is 27.7. The van der Waals surface area contributed by atoms with Crippen LogP contribution in [0.2, 0.25) is 0 Å². The average molecular weight is 749 g/mol. The molecule has 0 fully saturated rings. The van der Waals surface area contributed by atoms with Crippen LogP contribution in [0.15, 0.2) is 194 Å². The van der Waals surface area contributed by atoms with E-state index in [2.05, 4.69) is 170 Å². The minimum absolute atomic E-state index is 0.708. The molecule has 0 N–H and O–H groups in total. The molecule has 0 aliphatic rings. The topological polar surface area (TPSA) is 25.8 Å². The van der Waals surface area contributed by atoms with E-state index in [1.807, 2.05) is 46.9 Å². The Morgan fingerprint density at radius 1 is 0.286 bits per heavy atom. The molecule has 0 bridgehead atoms. The fourth-order valence-corrected chi connectivity index (χ4v) is 10.2. The monoisotopic (exact) mass is 748 g/mol. The van der Waals surface area contributed by atoms with E-state index in [0.717, 1.165) is 44.8 Å². The highest BCUT2D eigenvalue weighted by atomic mass is 32.1. The first-order valence-electron chi connectivity index (χ1n) is 18.8. The molecule has 56 heavy (non-hydrogen) atoms. The summed E-state index contributed by atoms with van der Waals surface area (Å²) in [5, 5.41) is 5.22. The summed E-state index contributed by atoms with van der Waals surface area (Å²) in [7, 11) is 0. The van der Waals surface area contributed by atoms with Crippen molar-refractivity contribution in [1.29, 1.82) is 0 Å². The van der Waals surface area contributed by atoms with Crippen molar-refractivity contribution in [1.82, 2.24) is 9.97 Å². The fourth-order valence-electron chi connectivity index (χ4n) is 7.90. The fraction of sp³-hybridized carbons (Fsp3) is 0. The third-order valence-electron chi connectivity index (χ3n) is 10.7. The van der Waals surface area contributed by atoms with E-state index in [0.29, 0.717) is 5.82 Å². The third kappa shape index (κ3) is 5.79. The molecule has 2 nitrogen and oxygen atoms in total. The average Bonchev–Trinajstić information content (AvgIpc) is 3.85. The summed E-state index contributed by atoms with van der Waals surface area (Å²) < 4.78 is 5.25. The molecule has 11 rings (SSSR count). The molecule has 3 aromatic heterocycles. The largest absolute Gasteiger partial charge is 0.228 e. The quantitative estimate of drug-likeness (QED) is 0.169. The molecule has 0 saturated heterocycles. The summed E-state index contributed by atoms with van der Waals surface area (Å²) in [6, 6.07) is 69.8. The lowest BCUT2D eigenvalue weighted by Gasteiger charge is -2.14. The number of rotatable bonds is 6. The number of fused-ring (bicyclic) bond motifs is 6. The molecule has 0 aliphatic carbocycles. The Labute approximate surface area is 332 Å². The molecule has 3 heterocycles. The summed E-state index contributed by atoms with van der Waals surface area (Å²) in [4.78, 5) is 10.3. The van der Waals surface area contributed by atoms with Crippen LogP contribution in [-0.4, -0.2) is 9.97 Å². The van der Waals surface area contributed by atoms with Gasteiger partial charge >= 0.3 is 0 Å². The maximum atomic E-state index is 5.24. The van der Waals surface area contributed by atoms with Crippen molar-refractivity contribution in [2.75, 3.05) is 0 Å². The Morgan fingerprint density at radius 2 is 0.821 bits per heavy atom. The third-order valence-corrected chi connectivity index (χ3v) is 13.1. The van der Waals surface area contributed by atoms with Crippen LogP contribution >= 0.6 is 22.7 Å². The number of hydrogen-bond acceptors (Lipinski definition) is 4. The maximum Gasteiger partial charge on any atom is 0.160 e. The Morgan fingerprint density at radius 3 is 1.57 bits per heavy atom. The highest BCUT2D eigenvalue weighted by Gasteiger charge is 2.16. The minimum Gasteiger partial charge on any atom is -0.228 e. The second-order valence-electron chi connectivity index (χ2n) is 14.2. The Balaban J connectivity index is 1.09. The van der Waals surface area contributed by atoms with Crippen molar-refractivity contribution in [3.8, 4) is 67.3 Å². The number of benzene rings is 8.